The van der Waals surface area contributed by atoms with Gasteiger partial charge in [0.2, 0.25) is 0 Å². The van der Waals surface area contributed by atoms with Crippen LogP contribution in [0.15, 0.2) is 23.9 Å². The second kappa shape index (κ2) is 7.09. The molecule has 0 amide bonds. The Morgan fingerprint density at radius 2 is 1.92 bits per heavy atom. The third-order valence-electron chi connectivity index (χ3n) is 1.23. The van der Waals surface area contributed by atoms with Crippen LogP contribution >= 0.6 is 17.0 Å². The molecule has 0 fully saturated rings. The molecular formula is C9H14Cl2NZr-. The Kier molecular flexibility index (Phi) is 7.50. The third kappa shape index (κ3) is 9.06. The average Bonchev–Trinajstić information content (AvgIpc) is 2.37. The van der Waals surface area contributed by atoms with Crippen molar-refractivity contribution in [2.24, 2.45) is 0 Å². The Balaban J connectivity index is 0.000000424. The zero-order valence-electron chi connectivity index (χ0n) is 8.14. The molecule has 4 heteroatoms. The molecule has 0 saturated heterocycles. The van der Waals surface area contributed by atoms with Crippen LogP contribution in [0.25, 0.3) is 5.32 Å². The first-order valence-corrected chi connectivity index (χ1v) is 10.4. The predicted octanol–water partition coefficient (Wildman–Crippen LogP) is 4.38. The zero-order valence-corrected chi connectivity index (χ0v) is 12.1. The van der Waals surface area contributed by atoms with Gasteiger partial charge in [0, 0.05) is 0 Å². The van der Waals surface area contributed by atoms with Crippen LogP contribution in [0.4, 0.5) is 0 Å². The summed E-state index contributed by atoms with van der Waals surface area (Å²) in [5, 5.41) is 4.51. The number of rotatable bonds is 1. The molecule has 74 valence electrons. The molecule has 0 heterocycles. The van der Waals surface area contributed by atoms with Gasteiger partial charge in [0.05, 0.1) is 0 Å². The van der Waals surface area contributed by atoms with Crippen LogP contribution < -0.4 is 0 Å². The van der Waals surface area contributed by atoms with Crippen molar-refractivity contribution in [1.29, 1.82) is 0 Å². The summed E-state index contributed by atoms with van der Waals surface area (Å²) in [7, 11) is 9.87. The number of nitrogens with zero attached hydrogens (tertiary/aromatic N) is 1. The van der Waals surface area contributed by atoms with E-state index in [4.69, 9.17) is 17.0 Å². The quantitative estimate of drug-likeness (QED) is 0.682. The number of hydrogen-bond acceptors (Lipinski definition) is 0. The van der Waals surface area contributed by atoms with Gasteiger partial charge in [-0.1, -0.05) is 39.0 Å². The number of hydrogen-bond donors (Lipinski definition) is 0. The number of halogens is 2. The first-order valence-electron chi connectivity index (χ1n) is 4.04. The van der Waals surface area contributed by atoms with Crippen LogP contribution in [0.1, 0.15) is 27.2 Å². The van der Waals surface area contributed by atoms with Crippen molar-refractivity contribution in [3.8, 4) is 0 Å². The van der Waals surface area contributed by atoms with E-state index < -0.39 is 20.8 Å². The summed E-state index contributed by atoms with van der Waals surface area (Å²) >= 11 is -0.826. The second-order valence-electron chi connectivity index (χ2n) is 3.64. The van der Waals surface area contributed by atoms with Gasteiger partial charge in [-0.3, -0.25) is 0 Å². The molecule has 0 aromatic heterocycles. The van der Waals surface area contributed by atoms with Gasteiger partial charge in [-0.15, -0.1) is 5.54 Å². The predicted molar refractivity (Wildman–Crippen MR) is 56.7 cm³/mol. The molecule has 1 aliphatic carbocycles. The van der Waals surface area contributed by atoms with E-state index in [9.17, 15) is 0 Å². The minimum atomic E-state index is -0.826. The summed E-state index contributed by atoms with van der Waals surface area (Å²) in [5.41, 5.74) is 1.28. The molecule has 0 unspecified atom stereocenters. The van der Waals surface area contributed by atoms with E-state index in [-0.39, 0.29) is 5.54 Å². The van der Waals surface area contributed by atoms with Crippen molar-refractivity contribution in [2.75, 3.05) is 0 Å². The van der Waals surface area contributed by atoms with Crippen molar-refractivity contribution >= 4 is 17.0 Å². The van der Waals surface area contributed by atoms with E-state index >= 15 is 0 Å². The summed E-state index contributed by atoms with van der Waals surface area (Å²) < 4.78 is 0. The molecule has 0 saturated carbocycles. The molecule has 0 spiro atoms. The van der Waals surface area contributed by atoms with Crippen LogP contribution in [-0.2, 0) is 20.8 Å². The summed E-state index contributed by atoms with van der Waals surface area (Å²) in [5.74, 6) is 0. The topological polar surface area (TPSA) is 14.1 Å². The van der Waals surface area contributed by atoms with E-state index in [0.29, 0.717) is 0 Å². The van der Waals surface area contributed by atoms with Crippen molar-refractivity contribution < 1.29 is 20.8 Å². The van der Waals surface area contributed by atoms with Gasteiger partial charge in [0.25, 0.3) is 0 Å². The Morgan fingerprint density at radius 1 is 1.38 bits per heavy atom. The van der Waals surface area contributed by atoms with E-state index in [2.05, 4.69) is 44.3 Å². The van der Waals surface area contributed by atoms with Crippen LogP contribution in [0.2, 0.25) is 0 Å². The van der Waals surface area contributed by atoms with Crippen LogP contribution in [0.3, 0.4) is 0 Å². The maximum atomic E-state index is 4.93. The maximum absolute atomic E-state index is 4.93. The first kappa shape index (κ1) is 13.7. The van der Waals surface area contributed by atoms with Gasteiger partial charge in [-0.25, -0.2) is 0 Å². The van der Waals surface area contributed by atoms with E-state index in [1.165, 1.54) is 5.70 Å². The molecule has 0 radical (unpaired) electrons. The molecule has 1 aliphatic rings. The van der Waals surface area contributed by atoms with Crippen LogP contribution in [-0.4, -0.2) is 5.54 Å². The van der Waals surface area contributed by atoms with E-state index in [1.807, 2.05) is 0 Å². The molecule has 0 aliphatic heterocycles. The molecular weight excluding hydrogens is 284 g/mol. The van der Waals surface area contributed by atoms with Gasteiger partial charge in [-0.05, 0) is 6.42 Å². The molecule has 0 bridgehead atoms. The van der Waals surface area contributed by atoms with Gasteiger partial charge < -0.3 is 5.32 Å². The SMILES string of the molecule is CC(C)(C)[N-]C1=CC=CC1.[Cl][Zr][Cl]. The molecule has 1 rings (SSSR count). The first-order chi connectivity index (χ1) is 5.99. The average molecular weight is 298 g/mol. The molecule has 0 N–H and O–H groups in total. The van der Waals surface area contributed by atoms with Crippen molar-refractivity contribution in [2.45, 2.75) is 32.7 Å². The Hall–Kier alpha value is 0.743. The van der Waals surface area contributed by atoms with Crippen molar-refractivity contribution in [1.82, 2.24) is 0 Å². The van der Waals surface area contributed by atoms with Crippen LogP contribution in [0, 0.1) is 0 Å². The fourth-order valence-electron chi connectivity index (χ4n) is 0.950. The summed E-state index contributed by atoms with van der Waals surface area (Å²) in [6, 6.07) is 0. The fraction of sp³-hybridized carbons (Fsp3) is 0.556. The molecule has 13 heavy (non-hydrogen) atoms. The fourth-order valence-corrected chi connectivity index (χ4v) is 0.950. The van der Waals surface area contributed by atoms with Gasteiger partial charge in [-0.2, -0.15) is 5.70 Å². The molecule has 0 aromatic carbocycles. The summed E-state index contributed by atoms with van der Waals surface area (Å²) in [6.45, 7) is 6.35. The minimum absolute atomic E-state index is 0.0812. The second-order valence-corrected chi connectivity index (χ2v) is 7.38. The summed E-state index contributed by atoms with van der Waals surface area (Å²) in [6.07, 6.45) is 7.28. The Labute approximate surface area is 99.2 Å². The monoisotopic (exact) mass is 296 g/mol. The van der Waals surface area contributed by atoms with Crippen molar-refractivity contribution in [3.05, 3.63) is 29.2 Å². The van der Waals surface area contributed by atoms with Crippen molar-refractivity contribution in [3.63, 3.8) is 0 Å². The summed E-state index contributed by atoms with van der Waals surface area (Å²) in [4.78, 5) is 0. The van der Waals surface area contributed by atoms with Crippen LogP contribution in [0.5, 0.6) is 0 Å². The standard InChI is InChI=1S/C9H14N.2ClH.Zr/c1-9(2,3)10-8-6-4-5-7-8;;;/h4-6H,7H2,1-3H3;2*1H;/q-1;;;+2/p-2. The Bertz CT molecular complexity index is 194. The zero-order chi connectivity index (χ0) is 10.3. The normalized spacial score (nSPS) is 14.4. The number of allylic oxidation sites excluding steroid dienone is 3. The Morgan fingerprint density at radius 3 is 2.23 bits per heavy atom. The van der Waals surface area contributed by atoms with E-state index in [1.54, 1.807) is 0 Å². The van der Waals surface area contributed by atoms with Gasteiger partial charge in [0.15, 0.2) is 0 Å². The van der Waals surface area contributed by atoms with E-state index in [0.717, 1.165) is 6.42 Å². The van der Waals surface area contributed by atoms with Gasteiger partial charge in [0.1, 0.15) is 0 Å². The van der Waals surface area contributed by atoms with Gasteiger partial charge >= 0.3 is 37.9 Å². The third-order valence-corrected chi connectivity index (χ3v) is 1.23. The molecule has 0 aromatic rings. The molecule has 1 nitrogen and oxygen atoms in total. The molecule has 0 atom stereocenters.